The molecule has 0 fully saturated rings. The zero-order valence-electron chi connectivity index (χ0n) is 12.7. The third kappa shape index (κ3) is 5.44. The van der Waals surface area contributed by atoms with E-state index in [1.165, 1.54) is 7.11 Å². The fourth-order valence-electron chi connectivity index (χ4n) is 1.72. The standard InChI is InChI=1S/C15H22ClNO4/c1-4-7-21-14-12(16)9-11(10-13(14)20-3)15(18)17-6-5-8-19-2/h9-10H,4-8H2,1-3H3,(H,17,18). The maximum absolute atomic E-state index is 12.0. The van der Waals surface area contributed by atoms with Crippen LogP contribution in [0.25, 0.3) is 0 Å². The predicted molar refractivity (Wildman–Crippen MR) is 82.6 cm³/mol. The molecule has 0 saturated carbocycles. The molecule has 0 saturated heterocycles. The minimum absolute atomic E-state index is 0.201. The number of hydrogen-bond acceptors (Lipinski definition) is 4. The number of methoxy groups -OCH3 is 2. The summed E-state index contributed by atoms with van der Waals surface area (Å²) in [5, 5.41) is 3.17. The number of benzene rings is 1. The first-order chi connectivity index (χ1) is 10.1. The summed E-state index contributed by atoms with van der Waals surface area (Å²) in [5.74, 6) is 0.725. The van der Waals surface area contributed by atoms with E-state index in [2.05, 4.69) is 5.32 Å². The first-order valence-corrected chi connectivity index (χ1v) is 7.29. The molecule has 0 bridgehead atoms. The van der Waals surface area contributed by atoms with Gasteiger partial charge in [0.2, 0.25) is 0 Å². The van der Waals surface area contributed by atoms with Gasteiger partial charge in [0.1, 0.15) is 0 Å². The lowest BCUT2D eigenvalue weighted by Crippen LogP contribution is -2.25. The Balaban J connectivity index is 2.79. The molecule has 5 nitrogen and oxygen atoms in total. The van der Waals surface area contributed by atoms with Gasteiger partial charge in [0.05, 0.1) is 18.7 Å². The van der Waals surface area contributed by atoms with Crippen LogP contribution < -0.4 is 14.8 Å². The number of rotatable bonds is 9. The first kappa shape index (κ1) is 17.6. The van der Waals surface area contributed by atoms with E-state index in [9.17, 15) is 4.79 Å². The van der Waals surface area contributed by atoms with Gasteiger partial charge < -0.3 is 19.5 Å². The minimum atomic E-state index is -0.201. The van der Waals surface area contributed by atoms with Crippen molar-refractivity contribution in [3.63, 3.8) is 0 Å². The van der Waals surface area contributed by atoms with Gasteiger partial charge in [-0.15, -0.1) is 0 Å². The molecule has 1 rings (SSSR count). The smallest absolute Gasteiger partial charge is 0.251 e. The zero-order chi connectivity index (χ0) is 15.7. The Labute approximate surface area is 130 Å². The van der Waals surface area contributed by atoms with E-state index in [0.717, 1.165) is 12.8 Å². The van der Waals surface area contributed by atoms with Crippen LogP contribution in [0.2, 0.25) is 5.02 Å². The van der Waals surface area contributed by atoms with Gasteiger partial charge in [-0.2, -0.15) is 0 Å². The summed E-state index contributed by atoms with van der Waals surface area (Å²) in [5.41, 5.74) is 0.443. The molecule has 1 aromatic rings. The van der Waals surface area contributed by atoms with Crippen molar-refractivity contribution in [2.75, 3.05) is 34.0 Å². The molecule has 0 radical (unpaired) electrons. The first-order valence-electron chi connectivity index (χ1n) is 6.91. The van der Waals surface area contributed by atoms with E-state index < -0.39 is 0 Å². The van der Waals surface area contributed by atoms with Crippen molar-refractivity contribution >= 4 is 17.5 Å². The quantitative estimate of drug-likeness (QED) is 0.712. The van der Waals surface area contributed by atoms with Crippen LogP contribution >= 0.6 is 11.6 Å². The summed E-state index contributed by atoms with van der Waals surface area (Å²) < 4.78 is 15.7. The molecule has 21 heavy (non-hydrogen) atoms. The van der Waals surface area contributed by atoms with Crippen LogP contribution in [0.4, 0.5) is 0 Å². The van der Waals surface area contributed by atoms with Crippen LogP contribution in [0.3, 0.4) is 0 Å². The highest BCUT2D eigenvalue weighted by Crippen LogP contribution is 2.36. The molecular formula is C15H22ClNO4. The van der Waals surface area contributed by atoms with Crippen LogP contribution in [0.5, 0.6) is 11.5 Å². The molecule has 6 heteroatoms. The lowest BCUT2D eigenvalue weighted by Gasteiger charge is -2.13. The SMILES string of the molecule is CCCOc1c(Cl)cc(C(=O)NCCCOC)cc1OC. The minimum Gasteiger partial charge on any atom is -0.493 e. The second-order valence-electron chi connectivity index (χ2n) is 4.44. The second-order valence-corrected chi connectivity index (χ2v) is 4.85. The summed E-state index contributed by atoms with van der Waals surface area (Å²) >= 11 is 6.17. The highest BCUT2D eigenvalue weighted by Gasteiger charge is 2.15. The van der Waals surface area contributed by atoms with E-state index in [0.29, 0.717) is 41.8 Å². The number of amides is 1. The summed E-state index contributed by atoms with van der Waals surface area (Å²) in [6.45, 7) is 3.69. The summed E-state index contributed by atoms with van der Waals surface area (Å²) in [7, 11) is 3.15. The average Bonchev–Trinajstić information content (AvgIpc) is 2.49. The van der Waals surface area contributed by atoms with Crippen molar-refractivity contribution in [2.45, 2.75) is 19.8 Å². The lowest BCUT2D eigenvalue weighted by atomic mass is 10.2. The van der Waals surface area contributed by atoms with Crippen molar-refractivity contribution in [3.8, 4) is 11.5 Å². The molecule has 0 atom stereocenters. The Morgan fingerprint density at radius 2 is 2.05 bits per heavy atom. The predicted octanol–water partition coefficient (Wildman–Crippen LogP) is 2.90. The molecule has 0 aliphatic rings. The Hall–Kier alpha value is -1.46. The normalized spacial score (nSPS) is 10.3. The van der Waals surface area contributed by atoms with E-state index in [1.807, 2.05) is 6.92 Å². The number of carbonyl (C=O) groups excluding carboxylic acids is 1. The Morgan fingerprint density at radius 3 is 2.67 bits per heavy atom. The highest BCUT2D eigenvalue weighted by molar-refractivity contribution is 6.32. The van der Waals surface area contributed by atoms with Crippen LogP contribution in [-0.2, 0) is 4.74 Å². The van der Waals surface area contributed by atoms with Gasteiger partial charge in [0.25, 0.3) is 5.91 Å². The Morgan fingerprint density at radius 1 is 1.29 bits per heavy atom. The average molecular weight is 316 g/mol. The van der Waals surface area contributed by atoms with Crippen molar-refractivity contribution in [2.24, 2.45) is 0 Å². The van der Waals surface area contributed by atoms with Gasteiger partial charge in [-0.25, -0.2) is 0 Å². The van der Waals surface area contributed by atoms with Crippen molar-refractivity contribution < 1.29 is 19.0 Å². The third-order valence-electron chi connectivity index (χ3n) is 2.75. The van der Waals surface area contributed by atoms with E-state index in [4.69, 9.17) is 25.8 Å². The van der Waals surface area contributed by atoms with Gasteiger partial charge in [0.15, 0.2) is 11.5 Å². The van der Waals surface area contributed by atoms with Crippen LogP contribution in [0.1, 0.15) is 30.1 Å². The van der Waals surface area contributed by atoms with Crippen LogP contribution in [0, 0.1) is 0 Å². The van der Waals surface area contributed by atoms with Gasteiger partial charge in [-0.1, -0.05) is 18.5 Å². The van der Waals surface area contributed by atoms with Crippen molar-refractivity contribution in [1.82, 2.24) is 5.32 Å². The molecule has 0 aliphatic carbocycles. The molecule has 1 aromatic carbocycles. The number of ether oxygens (including phenoxy) is 3. The molecule has 0 unspecified atom stereocenters. The lowest BCUT2D eigenvalue weighted by molar-refractivity contribution is 0.0948. The number of hydrogen-bond donors (Lipinski definition) is 1. The number of carbonyl (C=O) groups is 1. The Kier molecular flexibility index (Phi) is 7.93. The van der Waals surface area contributed by atoms with Crippen LogP contribution in [0.15, 0.2) is 12.1 Å². The van der Waals surface area contributed by atoms with Gasteiger partial charge in [0, 0.05) is 25.8 Å². The molecule has 0 aliphatic heterocycles. The van der Waals surface area contributed by atoms with Gasteiger partial charge in [-0.3, -0.25) is 4.79 Å². The topological polar surface area (TPSA) is 56.8 Å². The summed E-state index contributed by atoms with van der Waals surface area (Å²) in [4.78, 5) is 12.0. The maximum Gasteiger partial charge on any atom is 0.251 e. The van der Waals surface area contributed by atoms with E-state index in [-0.39, 0.29) is 5.91 Å². The number of nitrogens with one attached hydrogen (secondary N) is 1. The molecule has 118 valence electrons. The van der Waals surface area contributed by atoms with Gasteiger partial charge in [-0.05, 0) is 25.0 Å². The number of halogens is 1. The zero-order valence-corrected chi connectivity index (χ0v) is 13.5. The van der Waals surface area contributed by atoms with Crippen molar-refractivity contribution in [3.05, 3.63) is 22.7 Å². The van der Waals surface area contributed by atoms with E-state index >= 15 is 0 Å². The third-order valence-corrected chi connectivity index (χ3v) is 3.03. The molecule has 0 heterocycles. The maximum atomic E-state index is 12.0. The monoisotopic (exact) mass is 315 g/mol. The van der Waals surface area contributed by atoms with Crippen molar-refractivity contribution in [1.29, 1.82) is 0 Å². The molecule has 0 spiro atoms. The largest absolute Gasteiger partial charge is 0.493 e. The van der Waals surface area contributed by atoms with E-state index in [1.54, 1.807) is 19.2 Å². The molecule has 1 N–H and O–H groups in total. The fourth-order valence-corrected chi connectivity index (χ4v) is 1.98. The second kappa shape index (κ2) is 9.47. The molecular weight excluding hydrogens is 294 g/mol. The molecule has 0 aromatic heterocycles. The fraction of sp³-hybridized carbons (Fsp3) is 0.533. The Bertz CT molecular complexity index is 465. The summed E-state index contributed by atoms with van der Waals surface area (Å²) in [6.07, 6.45) is 1.62. The van der Waals surface area contributed by atoms with Crippen LogP contribution in [-0.4, -0.2) is 39.9 Å². The highest BCUT2D eigenvalue weighted by atomic mass is 35.5. The van der Waals surface area contributed by atoms with Gasteiger partial charge >= 0.3 is 0 Å². The summed E-state index contributed by atoms with van der Waals surface area (Å²) in [6, 6.07) is 3.21. The molecule has 1 amide bonds.